The van der Waals surface area contributed by atoms with Gasteiger partial charge in [0.05, 0.1) is 0 Å². The smallest absolute Gasteiger partial charge is 0.125 e. The number of halogens is 1. The number of rotatable bonds is 4. The van der Waals surface area contributed by atoms with Crippen LogP contribution in [0.1, 0.15) is 26.2 Å². The summed E-state index contributed by atoms with van der Waals surface area (Å²) in [6.45, 7) is 4.01. The van der Waals surface area contributed by atoms with Gasteiger partial charge in [-0.15, -0.1) is 0 Å². The van der Waals surface area contributed by atoms with Gasteiger partial charge in [0.25, 0.3) is 0 Å². The highest BCUT2D eigenvalue weighted by Crippen LogP contribution is 2.48. The van der Waals surface area contributed by atoms with Crippen molar-refractivity contribution >= 4 is 5.69 Å². The second-order valence-electron chi connectivity index (χ2n) is 6.09. The number of nitrogens with zero attached hydrogens (tertiary/aromatic N) is 1. The molecule has 2 N–H and O–H groups in total. The second-order valence-corrected chi connectivity index (χ2v) is 6.09. The third-order valence-electron chi connectivity index (χ3n) is 5.14. The first-order valence-corrected chi connectivity index (χ1v) is 7.45. The van der Waals surface area contributed by atoms with Gasteiger partial charge < -0.3 is 10.6 Å². The Balaban J connectivity index is 1.73. The number of fused-ring (bicyclic) bond motifs is 2. The first kappa shape index (κ1) is 12.9. The molecule has 0 amide bonds. The predicted molar refractivity (Wildman–Crippen MR) is 76.6 cm³/mol. The zero-order chi connectivity index (χ0) is 13.4. The molecule has 2 aliphatic rings. The van der Waals surface area contributed by atoms with E-state index < -0.39 is 0 Å². The normalized spacial score (nSPS) is 32.8. The van der Waals surface area contributed by atoms with Crippen LogP contribution in [0.4, 0.5) is 10.1 Å². The molecule has 2 aliphatic carbocycles. The molecule has 0 radical (unpaired) electrons. The maximum atomic E-state index is 13.4. The fraction of sp³-hybridized carbons (Fsp3) is 0.625. The van der Waals surface area contributed by atoms with Crippen molar-refractivity contribution in [3.05, 3.63) is 30.1 Å². The molecule has 0 aliphatic heterocycles. The molecule has 0 heterocycles. The zero-order valence-electron chi connectivity index (χ0n) is 11.6. The summed E-state index contributed by atoms with van der Waals surface area (Å²) in [7, 11) is 0. The molecule has 2 nitrogen and oxygen atoms in total. The summed E-state index contributed by atoms with van der Waals surface area (Å²) in [5.41, 5.74) is 7.36. The van der Waals surface area contributed by atoms with Crippen molar-refractivity contribution in [2.45, 2.75) is 32.2 Å². The average Bonchev–Trinajstić information content (AvgIpc) is 2.98. The van der Waals surface area contributed by atoms with Crippen LogP contribution in [-0.4, -0.2) is 19.1 Å². The van der Waals surface area contributed by atoms with Crippen LogP contribution < -0.4 is 10.6 Å². The summed E-state index contributed by atoms with van der Waals surface area (Å²) in [4.78, 5) is 2.27. The van der Waals surface area contributed by atoms with Crippen molar-refractivity contribution < 1.29 is 4.39 Å². The molecule has 4 atom stereocenters. The Morgan fingerprint density at radius 2 is 2.11 bits per heavy atom. The summed E-state index contributed by atoms with van der Waals surface area (Å²) in [5, 5.41) is 0. The Bertz CT molecular complexity index is 446. The minimum absolute atomic E-state index is 0.159. The van der Waals surface area contributed by atoms with Crippen LogP contribution in [-0.2, 0) is 0 Å². The van der Waals surface area contributed by atoms with Gasteiger partial charge in [-0.1, -0.05) is 6.07 Å². The van der Waals surface area contributed by atoms with E-state index in [4.69, 9.17) is 5.73 Å². The van der Waals surface area contributed by atoms with Gasteiger partial charge >= 0.3 is 0 Å². The fourth-order valence-corrected chi connectivity index (χ4v) is 4.07. The van der Waals surface area contributed by atoms with Crippen molar-refractivity contribution in [1.29, 1.82) is 0 Å². The molecule has 2 saturated carbocycles. The molecule has 4 unspecified atom stereocenters. The molecule has 2 bridgehead atoms. The lowest BCUT2D eigenvalue weighted by Gasteiger charge is -2.34. The van der Waals surface area contributed by atoms with Crippen molar-refractivity contribution in [3.8, 4) is 0 Å². The van der Waals surface area contributed by atoms with Crippen LogP contribution >= 0.6 is 0 Å². The molecule has 0 aromatic heterocycles. The molecule has 2 fully saturated rings. The van der Waals surface area contributed by atoms with Crippen LogP contribution in [0.15, 0.2) is 24.3 Å². The highest BCUT2D eigenvalue weighted by Gasteiger charge is 2.45. The van der Waals surface area contributed by atoms with E-state index in [1.807, 2.05) is 6.07 Å². The van der Waals surface area contributed by atoms with E-state index in [0.29, 0.717) is 12.0 Å². The van der Waals surface area contributed by atoms with Crippen molar-refractivity contribution in [2.24, 2.45) is 23.5 Å². The standard InChI is InChI=1S/C16H23FN2/c1-2-19(14-5-3-4-13(17)9-14)10-15-11-6-7-12(8-11)16(15)18/h3-5,9,11-12,15-16H,2,6-8,10,18H2,1H3. The summed E-state index contributed by atoms with van der Waals surface area (Å²) >= 11 is 0. The van der Waals surface area contributed by atoms with E-state index >= 15 is 0 Å². The Hall–Kier alpha value is -1.09. The SMILES string of the molecule is CCN(CC1C2CCC(C2)C1N)c1cccc(F)c1. The molecule has 0 saturated heterocycles. The van der Waals surface area contributed by atoms with Crippen molar-refractivity contribution in [2.75, 3.05) is 18.0 Å². The lowest BCUT2D eigenvalue weighted by atomic mass is 9.84. The van der Waals surface area contributed by atoms with E-state index in [0.717, 1.165) is 30.6 Å². The van der Waals surface area contributed by atoms with Crippen LogP contribution in [0.25, 0.3) is 0 Å². The lowest BCUT2D eigenvalue weighted by Crippen LogP contribution is -2.43. The zero-order valence-corrected chi connectivity index (χ0v) is 11.6. The molecule has 1 aromatic carbocycles. The Kier molecular flexibility index (Phi) is 3.48. The number of anilines is 1. The molecule has 1 aromatic rings. The van der Waals surface area contributed by atoms with E-state index in [1.54, 1.807) is 12.1 Å². The van der Waals surface area contributed by atoms with Crippen LogP contribution in [0.5, 0.6) is 0 Å². The summed E-state index contributed by atoms with van der Waals surface area (Å²) in [6, 6.07) is 7.25. The van der Waals surface area contributed by atoms with Crippen LogP contribution in [0, 0.1) is 23.6 Å². The average molecular weight is 262 g/mol. The van der Waals surface area contributed by atoms with Crippen LogP contribution in [0.3, 0.4) is 0 Å². The molecular formula is C16H23FN2. The lowest BCUT2D eigenvalue weighted by molar-refractivity contribution is 0.291. The van der Waals surface area contributed by atoms with Crippen molar-refractivity contribution in [1.82, 2.24) is 0 Å². The Morgan fingerprint density at radius 1 is 1.32 bits per heavy atom. The van der Waals surface area contributed by atoms with E-state index in [9.17, 15) is 4.39 Å². The largest absolute Gasteiger partial charge is 0.371 e. The van der Waals surface area contributed by atoms with Gasteiger partial charge in [-0.3, -0.25) is 0 Å². The molecule has 104 valence electrons. The molecular weight excluding hydrogens is 239 g/mol. The summed E-state index contributed by atoms with van der Waals surface area (Å²) < 4.78 is 13.4. The number of nitrogens with two attached hydrogens (primary N) is 1. The molecule has 3 heteroatoms. The topological polar surface area (TPSA) is 29.3 Å². The summed E-state index contributed by atoms with van der Waals surface area (Å²) in [5.74, 6) is 1.96. The third-order valence-corrected chi connectivity index (χ3v) is 5.14. The van der Waals surface area contributed by atoms with Gasteiger partial charge in [-0.2, -0.15) is 0 Å². The number of hydrogen-bond acceptors (Lipinski definition) is 2. The van der Waals surface area contributed by atoms with Crippen LogP contribution in [0.2, 0.25) is 0 Å². The van der Waals surface area contributed by atoms with E-state index in [2.05, 4.69) is 11.8 Å². The predicted octanol–water partition coefficient (Wildman–Crippen LogP) is 3.03. The van der Waals surface area contributed by atoms with Gasteiger partial charge in [0, 0.05) is 24.8 Å². The highest BCUT2D eigenvalue weighted by molar-refractivity contribution is 5.46. The Labute approximate surface area is 114 Å². The van der Waals surface area contributed by atoms with Gasteiger partial charge in [0.2, 0.25) is 0 Å². The van der Waals surface area contributed by atoms with Crippen molar-refractivity contribution in [3.63, 3.8) is 0 Å². The minimum Gasteiger partial charge on any atom is -0.371 e. The number of benzene rings is 1. The maximum Gasteiger partial charge on any atom is 0.125 e. The molecule has 0 spiro atoms. The minimum atomic E-state index is -0.159. The quantitative estimate of drug-likeness (QED) is 0.903. The summed E-state index contributed by atoms with van der Waals surface area (Å²) in [6.07, 6.45) is 3.96. The fourth-order valence-electron chi connectivity index (χ4n) is 4.07. The van der Waals surface area contributed by atoms with E-state index in [1.165, 1.54) is 25.3 Å². The third kappa shape index (κ3) is 2.36. The monoisotopic (exact) mass is 262 g/mol. The number of hydrogen-bond donors (Lipinski definition) is 1. The van der Waals surface area contributed by atoms with Gasteiger partial charge in [-0.05, 0) is 62.1 Å². The molecule has 19 heavy (non-hydrogen) atoms. The van der Waals surface area contributed by atoms with Gasteiger partial charge in [0.15, 0.2) is 0 Å². The first-order chi connectivity index (χ1) is 9.19. The molecule has 3 rings (SSSR count). The van der Waals surface area contributed by atoms with Gasteiger partial charge in [0.1, 0.15) is 5.82 Å². The van der Waals surface area contributed by atoms with E-state index in [-0.39, 0.29) is 5.82 Å². The Morgan fingerprint density at radius 3 is 2.74 bits per heavy atom. The van der Waals surface area contributed by atoms with Gasteiger partial charge in [-0.25, -0.2) is 4.39 Å². The second kappa shape index (κ2) is 5.12. The maximum absolute atomic E-state index is 13.4. The highest BCUT2D eigenvalue weighted by atomic mass is 19.1. The first-order valence-electron chi connectivity index (χ1n) is 7.45.